The molecule has 2 aromatic rings. The SMILES string of the molecule is COc1cc(NCCCCC(C)N)c2nccc(C)c2c1.O=P(O)(O)O. The van der Waals surface area contributed by atoms with E-state index in [2.05, 4.69) is 24.1 Å². The number of fused-ring (bicyclic) bond motifs is 1. The summed E-state index contributed by atoms with van der Waals surface area (Å²) >= 11 is 0. The summed E-state index contributed by atoms with van der Waals surface area (Å²) in [5.74, 6) is 0.858. The Kier molecular flexibility index (Phi) is 8.98. The van der Waals surface area contributed by atoms with Gasteiger partial charge in [-0.1, -0.05) is 6.42 Å². The Morgan fingerprint density at radius 3 is 2.54 bits per heavy atom. The maximum atomic E-state index is 8.88. The van der Waals surface area contributed by atoms with Crippen molar-refractivity contribution in [2.75, 3.05) is 19.0 Å². The zero-order valence-electron chi connectivity index (χ0n) is 15.3. The Labute approximate surface area is 153 Å². The Morgan fingerprint density at radius 1 is 1.31 bits per heavy atom. The highest BCUT2D eigenvalue weighted by Crippen LogP contribution is 2.29. The molecule has 0 amide bonds. The number of hydrogen-bond acceptors (Lipinski definition) is 5. The summed E-state index contributed by atoms with van der Waals surface area (Å²) in [5.41, 5.74) is 9.01. The molecular formula is C17H28N3O5P. The number of pyridine rings is 1. The van der Waals surface area contributed by atoms with Gasteiger partial charge in [0.05, 0.1) is 18.3 Å². The molecule has 146 valence electrons. The topological polar surface area (TPSA) is 138 Å². The highest BCUT2D eigenvalue weighted by atomic mass is 31.2. The van der Waals surface area contributed by atoms with E-state index in [9.17, 15) is 0 Å². The van der Waals surface area contributed by atoms with Gasteiger partial charge in [0.15, 0.2) is 0 Å². The summed E-state index contributed by atoms with van der Waals surface area (Å²) in [4.78, 5) is 26.1. The van der Waals surface area contributed by atoms with Crippen LogP contribution in [0.5, 0.6) is 5.75 Å². The fourth-order valence-corrected chi connectivity index (χ4v) is 2.43. The summed E-state index contributed by atoms with van der Waals surface area (Å²) in [6.45, 7) is 5.07. The standard InChI is InChI=1S/C17H25N3O.H3O4P/c1-12-7-9-20-17-15(12)10-14(21-3)11-16(17)19-8-5-4-6-13(2)18;1-5(2,3)4/h7,9-11,13,19H,4-6,8,18H2,1-3H3;(H3,1,2,3,4). The molecule has 26 heavy (non-hydrogen) atoms. The van der Waals surface area contributed by atoms with Crippen molar-refractivity contribution in [3.63, 3.8) is 0 Å². The first-order chi connectivity index (χ1) is 12.1. The number of nitrogens with one attached hydrogen (secondary N) is 1. The van der Waals surface area contributed by atoms with Crippen LogP contribution in [0.15, 0.2) is 24.4 Å². The average molecular weight is 385 g/mol. The third kappa shape index (κ3) is 8.60. The van der Waals surface area contributed by atoms with Crippen molar-refractivity contribution in [1.29, 1.82) is 0 Å². The average Bonchev–Trinajstić information content (AvgIpc) is 2.53. The minimum atomic E-state index is -4.64. The molecule has 0 saturated heterocycles. The van der Waals surface area contributed by atoms with Crippen LogP contribution in [0.2, 0.25) is 0 Å². The van der Waals surface area contributed by atoms with Crippen molar-refractivity contribution >= 4 is 24.4 Å². The number of anilines is 1. The Hall–Kier alpha value is -1.70. The smallest absolute Gasteiger partial charge is 0.466 e. The molecule has 0 radical (unpaired) electrons. The van der Waals surface area contributed by atoms with E-state index in [4.69, 9.17) is 29.7 Å². The number of unbranched alkanes of at least 4 members (excludes halogenated alkanes) is 1. The summed E-state index contributed by atoms with van der Waals surface area (Å²) in [6.07, 6.45) is 5.16. The molecule has 1 aromatic carbocycles. The maximum absolute atomic E-state index is 8.88. The van der Waals surface area contributed by atoms with E-state index in [0.717, 1.165) is 48.1 Å². The van der Waals surface area contributed by atoms with Gasteiger partial charge in [-0.25, -0.2) is 4.57 Å². The molecular weight excluding hydrogens is 357 g/mol. The number of nitrogens with zero attached hydrogens (tertiary/aromatic N) is 1. The van der Waals surface area contributed by atoms with E-state index in [-0.39, 0.29) is 6.04 Å². The molecule has 6 N–H and O–H groups in total. The molecule has 8 nitrogen and oxygen atoms in total. The molecule has 0 saturated carbocycles. The summed E-state index contributed by atoms with van der Waals surface area (Å²) in [7, 11) is -2.95. The van der Waals surface area contributed by atoms with Crippen molar-refractivity contribution < 1.29 is 24.0 Å². The second-order valence-corrected chi connectivity index (χ2v) is 7.14. The van der Waals surface area contributed by atoms with Crippen LogP contribution in [0.3, 0.4) is 0 Å². The number of aryl methyl sites for hydroxylation is 1. The van der Waals surface area contributed by atoms with Gasteiger partial charge in [0.2, 0.25) is 0 Å². The van der Waals surface area contributed by atoms with Crippen LogP contribution in [-0.4, -0.2) is 39.4 Å². The van der Waals surface area contributed by atoms with Gasteiger partial charge in [-0.3, -0.25) is 4.98 Å². The quantitative estimate of drug-likeness (QED) is 0.362. The first-order valence-electron chi connectivity index (χ1n) is 8.33. The van der Waals surface area contributed by atoms with Crippen molar-refractivity contribution in [3.8, 4) is 5.75 Å². The van der Waals surface area contributed by atoms with Crippen LogP contribution in [0, 0.1) is 6.92 Å². The van der Waals surface area contributed by atoms with Gasteiger partial charge in [0, 0.05) is 30.2 Å². The summed E-state index contributed by atoms with van der Waals surface area (Å²) < 4.78 is 14.3. The largest absolute Gasteiger partial charge is 0.497 e. The minimum absolute atomic E-state index is 0.284. The number of methoxy groups -OCH3 is 1. The first kappa shape index (κ1) is 22.3. The van der Waals surface area contributed by atoms with E-state index in [1.807, 2.05) is 24.4 Å². The fraction of sp³-hybridized carbons (Fsp3) is 0.471. The first-order valence-corrected chi connectivity index (χ1v) is 9.89. The molecule has 0 aliphatic carbocycles. The second kappa shape index (κ2) is 10.4. The lowest BCUT2D eigenvalue weighted by Gasteiger charge is -2.13. The van der Waals surface area contributed by atoms with E-state index < -0.39 is 7.82 Å². The molecule has 2 rings (SSSR count). The molecule has 0 fully saturated rings. The lowest BCUT2D eigenvalue weighted by atomic mass is 10.1. The zero-order valence-corrected chi connectivity index (χ0v) is 16.2. The van der Waals surface area contributed by atoms with Crippen molar-refractivity contribution in [1.82, 2.24) is 4.98 Å². The van der Waals surface area contributed by atoms with E-state index in [1.54, 1.807) is 7.11 Å². The van der Waals surface area contributed by atoms with Gasteiger partial charge in [-0.05, 0) is 44.4 Å². The number of ether oxygens (including phenoxy) is 1. The number of rotatable bonds is 7. The Bertz CT molecular complexity index is 740. The van der Waals surface area contributed by atoms with Crippen LogP contribution >= 0.6 is 7.82 Å². The molecule has 0 aliphatic rings. The monoisotopic (exact) mass is 385 g/mol. The summed E-state index contributed by atoms with van der Waals surface area (Å²) in [5, 5.41) is 4.61. The van der Waals surface area contributed by atoms with Gasteiger partial charge < -0.3 is 30.5 Å². The molecule has 0 bridgehead atoms. The lowest BCUT2D eigenvalue weighted by Crippen LogP contribution is -2.14. The third-order valence-electron chi connectivity index (χ3n) is 3.67. The Balaban J connectivity index is 0.000000597. The van der Waals surface area contributed by atoms with Gasteiger partial charge in [-0.2, -0.15) is 0 Å². The number of phosphoric acid groups is 1. The molecule has 0 aliphatic heterocycles. The molecule has 1 heterocycles. The van der Waals surface area contributed by atoms with E-state index >= 15 is 0 Å². The van der Waals surface area contributed by atoms with Crippen LogP contribution in [0.1, 0.15) is 31.7 Å². The highest BCUT2D eigenvalue weighted by molar-refractivity contribution is 7.45. The summed E-state index contributed by atoms with van der Waals surface area (Å²) in [6, 6.07) is 6.36. The fourth-order valence-electron chi connectivity index (χ4n) is 2.43. The number of hydrogen-bond donors (Lipinski definition) is 5. The number of aromatic nitrogens is 1. The molecule has 1 atom stereocenters. The van der Waals surface area contributed by atoms with Crippen molar-refractivity contribution in [2.24, 2.45) is 5.73 Å². The van der Waals surface area contributed by atoms with Crippen molar-refractivity contribution in [2.45, 2.75) is 39.2 Å². The highest BCUT2D eigenvalue weighted by Gasteiger charge is 2.07. The maximum Gasteiger partial charge on any atom is 0.466 e. The number of benzene rings is 1. The lowest BCUT2D eigenvalue weighted by molar-refractivity contribution is 0.275. The molecule has 9 heteroatoms. The normalized spacial score (nSPS) is 12.3. The molecule has 1 unspecified atom stereocenters. The van der Waals surface area contributed by atoms with Gasteiger partial charge in [-0.15, -0.1) is 0 Å². The minimum Gasteiger partial charge on any atom is -0.497 e. The zero-order chi connectivity index (χ0) is 19.7. The molecule has 0 spiro atoms. The van der Waals surface area contributed by atoms with E-state index in [1.165, 1.54) is 5.56 Å². The third-order valence-corrected chi connectivity index (χ3v) is 3.67. The van der Waals surface area contributed by atoms with Gasteiger partial charge >= 0.3 is 7.82 Å². The Morgan fingerprint density at radius 2 is 1.96 bits per heavy atom. The molecule has 1 aromatic heterocycles. The van der Waals surface area contributed by atoms with E-state index in [0.29, 0.717) is 0 Å². The number of nitrogens with two attached hydrogens (primary N) is 1. The van der Waals surface area contributed by atoms with Gasteiger partial charge in [0.1, 0.15) is 5.75 Å². The second-order valence-electron chi connectivity index (χ2n) is 6.11. The predicted octanol–water partition coefficient (Wildman–Crippen LogP) is 2.55. The van der Waals surface area contributed by atoms with Crippen molar-refractivity contribution in [3.05, 3.63) is 30.0 Å². The predicted molar refractivity (Wildman–Crippen MR) is 103 cm³/mol. The van der Waals surface area contributed by atoms with Crippen LogP contribution in [0.4, 0.5) is 5.69 Å². The van der Waals surface area contributed by atoms with Gasteiger partial charge in [0.25, 0.3) is 0 Å². The van der Waals surface area contributed by atoms with Crippen LogP contribution < -0.4 is 15.8 Å². The van der Waals surface area contributed by atoms with Crippen LogP contribution in [-0.2, 0) is 4.57 Å². The van der Waals surface area contributed by atoms with Crippen LogP contribution in [0.25, 0.3) is 10.9 Å².